The minimum Gasteiger partial charge on any atom is -0.369 e. The second-order valence-corrected chi connectivity index (χ2v) is 6.68. The number of carbonyl (C=O) groups is 1. The van der Waals surface area contributed by atoms with E-state index in [9.17, 15) is 4.79 Å². The first kappa shape index (κ1) is 14.6. The van der Waals surface area contributed by atoms with Crippen molar-refractivity contribution in [3.05, 3.63) is 28.2 Å². The standard InChI is InChI=1S/C16H22BrNO/c1-11(2)8-9-18(13-4-5-13)14-6-7-15(12(3)19)16(17)10-14/h6-7,10-11,13H,4-5,8-9H2,1-3H3. The minimum atomic E-state index is 0.110. The molecule has 0 atom stereocenters. The summed E-state index contributed by atoms with van der Waals surface area (Å²) < 4.78 is 0.910. The first-order chi connectivity index (χ1) is 8.99. The van der Waals surface area contributed by atoms with Crippen LogP contribution in [0.4, 0.5) is 5.69 Å². The third kappa shape index (κ3) is 3.82. The summed E-state index contributed by atoms with van der Waals surface area (Å²) >= 11 is 3.52. The van der Waals surface area contributed by atoms with Gasteiger partial charge >= 0.3 is 0 Å². The van der Waals surface area contributed by atoms with Crippen molar-refractivity contribution in [1.29, 1.82) is 0 Å². The molecule has 0 unspecified atom stereocenters. The Kier molecular flexibility index (Phi) is 4.67. The fourth-order valence-electron chi connectivity index (χ4n) is 2.27. The van der Waals surface area contributed by atoms with Gasteiger partial charge in [0.1, 0.15) is 0 Å². The second-order valence-electron chi connectivity index (χ2n) is 5.83. The zero-order chi connectivity index (χ0) is 14.0. The summed E-state index contributed by atoms with van der Waals surface area (Å²) in [6, 6.07) is 6.82. The molecule has 1 saturated carbocycles. The van der Waals surface area contributed by atoms with Gasteiger partial charge in [0.2, 0.25) is 0 Å². The molecular weight excluding hydrogens is 302 g/mol. The Morgan fingerprint density at radius 3 is 2.58 bits per heavy atom. The lowest BCUT2D eigenvalue weighted by atomic mass is 10.1. The van der Waals surface area contributed by atoms with Crippen LogP contribution in [0, 0.1) is 5.92 Å². The van der Waals surface area contributed by atoms with Crippen LogP contribution < -0.4 is 4.90 Å². The molecule has 0 aromatic heterocycles. The number of ketones is 1. The van der Waals surface area contributed by atoms with Crippen molar-refractivity contribution in [1.82, 2.24) is 0 Å². The Morgan fingerprint density at radius 2 is 2.11 bits per heavy atom. The molecule has 0 radical (unpaired) electrons. The predicted molar refractivity (Wildman–Crippen MR) is 84.0 cm³/mol. The van der Waals surface area contributed by atoms with Crippen LogP contribution in [-0.2, 0) is 0 Å². The van der Waals surface area contributed by atoms with Crippen LogP contribution in [0.1, 0.15) is 50.4 Å². The van der Waals surface area contributed by atoms with Gasteiger partial charge in [-0.1, -0.05) is 13.8 Å². The highest BCUT2D eigenvalue weighted by Crippen LogP contribution is 2.34. The highest BCUT2D eigenvalue weighted by Gasteiger charge is 2.29. The number of hydrogen-bond acceptors (Lipinski definition) is 2. The minimum absolute atomic E-state index is 0.110. The van der Waals surface area contributed by atoms with Crippen molar-refractivity contribution in [2.45, 2.75) is 46.1 Å². The number of halogens is 1. The Balaban J connectivity index is 2.17. The predicted octanol–water partition coefficient (Wildman–Crippen LogP) is 4.67. The van der Waals surface area contributed by atoms with Crippen molar-refractivity contribution in [3.8, 4) is 0 Å². The molecule has 2 rings (SSSR count). The Hall–Kier alpha value is -0.830. The van der Waals surface area contributed by atoms with Gasteiger partial charge in [-0.05, 0) is 66.2 Å². The van der Waals surface area contributed by atoms with Gasteiger partial charge in [-0.15, -0.1) is 0 Å². The lowest BCUT2D eigenvalue weighted by molar-refractivity contribution is 0.101. The molecule has 1 fully saturated rings. The lowest BCUT2D eigenvalue weighted by Crippen LogP contribution is -2.27. The number of rotatable bonds is 6. The highest BCUT2D eigenvalue weighted by atomic mass is 79.9. The van der Waals surface area contributed by atoms with Crippen LogP contribution in [0.5, 0.6) is 0 Å². The fraction of sp³-hybridized carbons (Fsp3) is 0.562. The molecule has 1 aromatic rings. The van der Waals surface area contributed by atoms with Crippen LogP contribution in [0.2, 0.25) is 0 Å². The summed E-state index contributed by atoms with van der Waals surface area (Å²) in [6.07, 6.45) is 3.80. The van der Waals surface area contributed by atoms with Crippen LogP contribution in [0.3, 0.4) is 0 Å². The van der Waals surface area contributed by atoms with Gasteiger partial charge in [0, 0.05) is 28.3 Å². The van der Waals surface area contributed by atoms with E-state index in [0.717, 1.165) is 22.5 Å². The topological polar surface area (TPSA) is 20.3 Å². The van der Waals surface area contributed by atoms with Gasteiger partial charge in [0.25, 0.3) is 0 Å². The molecule has 0 aliphatic heterocycles. The number of hydrogen-bond donors (Lipinski definition) is 0. The van der Waals surface area contributed by atoms with Gasteiger partial charge in [-0.25, -0.2) is 0 Å². The van der Waals surface area contributed by atoms with E-state index in [0.29, 0.717) is 6.04 Å². The summed E-state index contributed by atoms with van der Waals surface area (Å²) in [7, 11) is 0. The Bertz CT molecular complexity index is 466. The molecule has 0 spiro atoms. The van der Waals surface area contributed by atoms with Gasteiger partial charge in [0.05, 0.1) is 0 Å². The van der Waals surface area contributed by atoms with Crippen molar-refractivity contribution < 1.29 is 4.79 Å². The van der Waals surface area contributed by atoms with Gasteiger partial charge in [0.15, 0.2) is 5.78 Å². The molecule has 0 heterocycles. The van der Waals surface area contributed by atoms with E-state index < -0.39 is 0 Å². The Labute approximate surface area is 124 Å². The van der Waals surface area contributed by atoms with E-state index in [1.807, 2.05) is 6.07 Å². The number of nitrogens with zero attached hydrogens (tertiary/aromatic N) is 1. The van der Waals surface area contributed by atoms with Crippen molar-refractivity contribution >= 4 is 27.4 Å². The van der Waals surface area contributed by atoms with Crippen molar-refractivity contribution in [2.75, 3.05) is 11.4 Å². The summed E-state index contributed by atoms with van der Waals surface area (Å²) in [5.41, 5.74) is 2.00. The zero-order valence-corrected chi connectivity index (χ0v) is 13.5. The maximum atomic E-state index is 11.5. The SMILES string of the molecule is CC(=O)c1ccc(N(CCC(C)C)C2CC2)cc1Br. The highest BCUT2D eigenvalue weighted by molar-refractivity contribution is 9.10. The molecule has 1 aromatic carbocycles. The van der Waals surface area contributed by atoms with Gasteiger partial charge in [-0.2, -0.15) is 0 Å². The third-order valence-electron chi connectivity index (χ3n) is 3.60. The van der Waals surface area contributed by atoms with E-state index in [4.69, 9.17) is 0 Å². The third-order valence-corrected chi connectivity index (χ3v) is 4.25. The molecule has 19 heavy (non-hydrogen) atoms. The van der Waals surface area contributed by atoms with E-state index in [1.165, 1.54) is 24.9 Å². The summed E-state index contributed by atoms with van der Waals surface area (Å²) in [5.74, 6) is 0.833. The molecule has 0 amide bonds. The summed E-state index contributed by atoms with van der Waals surface area (Å²) in [5, 5.41) is 0. The average Bonchev–Trinajstić information content (AvgIpc) is 3.13. The molecule has 0 saturated heterocycles. The monoisotopic (exact) mass is 323 g/mol. The number of anilines is 1. The van der Waals surface area contributed by atoms with E-state index in [1.54, 1.807) is 6.92 Å². The fourth-order valence-corrected chi connectivity index (χ4v) is 2.92. The zero-order valence-electron chi connectivity index (χ0n) is 11.9. The summed E-state index contributed by atoms with van der Waals surface area (Å²) in [4.78, 5) is 14.0. The molecule has 104 valence electrons. The average molecular weight is 324 g/mol. The van der Waals surface area contributed by atoms with Crippen molar-refractivity contribution in [2.24, 2.45) is 5.92 Å². The summed E-state index contributed by atoms with van der Waals surface area (Å²) in [6.45, 7) is 7.24. The van der Waals surface area contributed by atoms with E-state index in [-0.39, 0.29) is 5.78 Å². The molecular formula is C16H22BrNO. The maximum absolute atomic E-state index is 11.5. The Morgan fingerprint density at radius 1 is 1.42 bits per heavy atom. The maximum Gasteiger partial charge on any atom is 0.160 e. The normalized spacial score (nSPS) is 14.8. The lowest BCUT2D eigenvalue weighted by Gasteiger charge is -2.26. The largest absolute Gasteiger partial charge is 0.369 e. The molecule has 3 heteroatoms. The second kappa shape index (κ2) is 6.08. The van der Waals surface area contributed by atoms with Crippen LogP contribution in [0.25, 0.3) is 0 Å². The van der Waals surface area contributed by atoms with E-state index in [2.05, 4.69) is 46.8 Å². The van der Waals surface area contributed by atoms with Gasteiger partial charge < -0.3 is 4.90 Å². The molecule has 0 N–H and O–H groups in total. The number of benzene rings is 1. The van der Waals surface area contributed by atoms with Crippen LogP contribution in [0.15, 0.2) is 22.7 Å². The quantitative estimate of drug-likeness (QED) is 0.709. The first-order valence-electron chi connectivity index (χ1n) is 7.06. The van der Waals surface area contributed by atoms with Crippen LogP contribution >= 0.6 is 15.9 Å². The number of Topliss-reactive ketones (excluding diaryl/α,β-unsaturated/α-hetero) is 1. The van der Waals surface area contributed by atoms with Crippen molar-refractivity contribution in [3.63, 3.8) is 0 Å². The molecule has 2 nitrogen and oxygen atoms in total. The molecule has 1 aliphatic carbocycles. The van der Waals surface area contributed by atoms with Gasteiger partial charge in [-0.3, -0.25) is 4.79 Å². The smallest absolute Gasteiger partial charge is 0.160 e. The van der Waals surface area contributed by atoms with E-state index >= 15 is 0 Å². The van der Waals surface area contributed by atoms with Crippen LogP contribution in [-0.4, -0.2) is 18.4 Å². The first-order valence-corrected chi connectivity index (χ1v) is 7.85. The molecule has 1 aliphatic rings. The number of carbonyl (C=O) groups excluding carboxylic acids is 1. The molecule has 0 bridgehead atoms.